The second-order valence-corrected chi connectivity index (χ2v) is 2.78. The molecule has 0 aromatic rings. The summed E-state index contributed by atoms with van der Waals surface area (Å²) >= 11 is 0. The van der Waals surface area contributed by atoms with Gasteiger partial charge in [0.15, 0.2) is 0 Å². The van der Waals surface area contributed by atoms with Crippen molar-refractivity contribution >= 4 is 0 Å². The summed E-state index contributed by atoms with van der Waals surface area (Å²) in [5.74, 6) is 0. The van der Waals surface area contributed by atoms with Crippen molar-refractivity contribution in [2.45, 2.75) is 18.6 Å². The van der Waals surface area contributed by atoms with Crippen LogP contribution in [-0.2, 0) is 0 Å². The van der Waals surface area contributed by atoms with Gasteiger partial charge in [-0.25, -0.2) is 0 Å². The molecule has 0 amide bonds. The zero-order valence-corrected chi connectivity index (χ0v) is 5.75. The van der Waals surface area contributed by atoms with E-state index in [1.807, 2.05) is 7.05 Å². The smallest absolute Gasteiger partial charge is 0.0818 e. The van der Waals surface area contributed by atoms with Gasteiger partial charge in [0.1, 0.15) is 0 Å². The fourth-order valence-corrected chi connectivity index (χ4v) is 1.11. The summed E-state index contributed by atoms with van der Waals surface area (Å²) in [7, 11) is 2.00. The number of hydrogen-bond acceptors (Lipinski definition) is 3. The summed E-state index contributed by atoms with van der Waals surface area (Å²) in [6.45, 7) is 1.74. The topological polar surface area (TPSA) is 49.5 Å². The summed E-state index contributed by atoms with van der Waals surface area (Å²) in [6, 6.07) is 0.00111. The molecular formula is C6H14N2O. The highest BCUT2D eigenvalue weighted by molar-refractivity contribution is 4.80. The molecule has 1 heterocycles. The molecule has 3 nitrogen and oxygen atoms in total. The van der Waals surface area contributed by atoms with Crippen molar-refractivity contribution in [3.05, 3.63) is 0 Å². The van der Waals surface area contributed by atoms with Crippen LogP contribution < -0.4 is 5.73 Å². The zero-order valence-electron chi connectivity index (χ0n) is 5.75. The van der Waals surface area contributed by atoms with Crippen LogP contribution in [0.3, 0.4) is 0 Å². The van der Waals surface area contributed by atoms with E-state index < -0.39 is 0 Å². The van der Waals surface area contributed by atoms with Gasteiger partial charge in [0.25, 0.3) is 0 Å². The summed E-state index contributed by atoms with van der Waals surface area (Å²) < 4.78 is 0. The quantitative estimate of drug-likeness (QED) is 0.442. The van der Waals surface area contributed by atoms with Gasteiger partial charge in [0, 0.05) is 12.6 Å². The van der Waals surface area contributed by atoms with E-state index in [1.165, 1.54) is 0 Å². The molecule has 0 saturated carbocycles. The summed E-state index contributed by atoms with van der Waals surface area (Å²) in [6.07, 6.45) is 0.598. The van der Waals surface area contributed by atoms with Crippen LogP contribution in [0, 0.1) is 0 Å². The molecule has 0 aliphatic carbocycles. The number of nitrogens with zero attached hydrogens (tertiary/aromatic N) is 1. The third-order valence-corrected chi connectivity index (χ3v) is 1.84. The van der Waals surface area contributed by atoms with E-state index in [0.29, 0.717) is 0 Å². The van der Waals surface area contributed by atoms with Crippen molar-refractivity contribution in [1.82, 2.24) is 4.90 Å². The van der Waals surface area contributed by atoms with Gasteiger partial charge in [-0.05, 0) is 20.0 Å². The van der Waals surface area contributed by atoms with E-state index in [2.05, 4.69) is 4.90 Å². The minimum Gasteiger partial charge on any atom is -0.390 e. The second kappa shape index (κ2) is 2.64. The van der Waals surface area contributed by atoms with Crippen LogP contribution in [0.15, 0.2) is 0 Å². The molecule has 1 aliphatic rings. The van der Waals surface area contributed by atoms with Gasteiger partial charge in [-0.15, -0.1) is 0 Å². The second-order valence-electron chi connectivity index (χ2n) is 2.78. The van der Waals surface area contributed by atoms with E-state index in [0.717, 1.165) is 19.5 Å². The summed E-state index contributed by atoms with van der Waals surface area (Å²) in [4.78, 5) is 2.09. The van der Waals surface area contributed by atoms with Gasteiger partial charge in [0.2, 0.25) is 0 Å². The van der Waals surface area contributed by atoms with Crippen molar-refractivity contribution in [2.75, 3.05) is 20.1 Å². The SMILES string of the molecule is CN1CC[C@H](N)[C@H](O)C1. The van der Waals surface area contributed by atoms with Gasteiger partial charge >= 0.3 is 0 Å². The number of β-amino-alcohol motifs (C(OH)–C–C–N with tert-alkyl or cyclic N) is 1. The average molecular weight is 130 g/mol. The molecule has 1 rings (SSSR count). The molecule has 9 heavy (non-hydrogen) atoms. The number of aliphatic hydroxyl groups excluding tert-OH is 1. The molecule has 0 unspecified atom stereocenters. The van der Waals surface area contributed by atoms with Gasteiger partial charge in [-0.2, -0.15) is 0 Å². The lowest BCUT2D eigenvalue weighted by molar-refractivity contribution is 0.0661. The Morgan fingerprint density at radius 1 is 1.67 bits per heavy atom. The molecule has 1 aliphatic heterocycles. The molecule has 2 atom stereocenters. The van der Waals surface area contributed by atoms with Crippen LogP contribution in [0.25, 0.3) is 0 Å². The molecule has 1 fully saturated rings. The van der Waals surface area contributed by atoms with Crippen molar-refractivity contribution in [3.63, 3.8) is 0 Å². The lowest BCUT2D eigenvalue weighted by Crippen LogP contribution is -2.49. The fourth-order valence-electron chi connectivity index (χ4n) is 1.11. The Kier molecular flexibility index (Phi) is 2.05. The number of piperidine rings is 1. The molecule has 0 radical (unpaired) electrons. The third kappa shape index (κ3) is 1.64. The molecule has 0 spiro atoms. The Morgan fingerprint density at radius 2 is 2.33 bits per heavy atom. The van der Waals surface area contributed by atoms with Crippen LogP contribution in [0.1, 0.15) is 6.42 Å². The molecule has 0 aromatic heterocycles. The first kappa shape index (κ1) is 6.99. The lowest BCUT2D eigenvalue weighted by atomic mass is 10.0. The van der Waals surface area contributed by atoms with E-state index >= 15 is 0 Å². The monoisotopic (exact) mass is 130 g/mol. The van der Waals surface area contributed by atoms with Gasteiger partial charge in [-0.1, -0.05) is 0 Å². The Balaban J connectivity index is 2.35. The predicted molar refractivity (Wildman–Crippen MR) is 36.1 cm³/mol. The third-order valence-electron chi connectivity index (χ3n) is 1.84. The van der Waals surface area contributed by atoms with Gasteiger partial charge in [0.05, 0.1) is 6.10 Å². The van der Waals surface area contributed by atoms with Crippen molar-refractivity contribution in [1.29, 1.82) is 0 Å². The molecule has 54 valence electrons. The highest BCUT2D eigenvalue weighted by Crippen LogP contribution is 2.05. The normalized spacial score (nSPS) is 39.0. The minimum atomic E-state index is -0.316. The number of nitrogens with two attached hydrogens (primary N) is 1. The Morgan fingerprint density at radius 3 is 2.78 bits per heavy atom. The molecular weight excluding hydrogens is 116 g/mol. The Labute approximate surface area is 55.5 Å². The molecule has 3 heteroatoms. The molecule has 0 aromatic carbocycles. The summed E-state index contributed by atoms with van der Waals surface area (Å²) in [5, 5.41) is 9.18. The molecule has 0 bridgehead atoms. The number of likely N-dealkylation sites (N-methyl/N-ethyl adjacent to an activating group) is 1. The summed E-state index contributed by atoms with van der Waals surface area (Å²) in [5.41, 5.74) is 5.56. The molecule has 3 N–H and O–H groups in total. The van der Waals surface area contributed by atoms with Crippen LogP contribution in [0.4, 0.5) is 0 Å². The van der Waals surface area contributed by atoms with Gasteiger partial charge < -0.3 is 15.7 Å². The highest BCUT2D eigenvalue weighted by atomic mass is 16.3. The lowest BCUT2D eigenvalue weighted by Gasteiger charge is -2.31. The molecule has 1 saturated heterocycles. The van der Waals surface area contributed by atoms with Crippen molar-refractivity contribution < 1.29 is 5.11 Å². The first-order valence-electron chi connectivity index (χ1n) is 3.32. The van der Waals surface area contributed by atoms with Crippen LogP contribution >= 0.6 is 0 Å². The maximum Gasteiger partial charge on any atom is 0.0818 e. The first-order chi connectivity index (χ1) is 4.20. The van der Waals surface area contributed by atoms with E-state index in [-0.39, 0.29) is 12.1 Å². The predicted octanol–water partition coefficient (Wildman–Crippen LogP) is -0.990. The highest BCUT2D eigenvalue weighted by Gasteiger charge is 2.21. The van der Waals surface area contributed by atoms with Crippen molar-refractivity contribution in [2.24, 2.45) is 5.73 Å². The average Bonchev–Trinajstić information content (AvgIpc) is 1.80. The van der Waals surface area contributed by atoms with Crippen LogP contribution in [0.5, 0.6) is 0 Å². The first-order valence-corrected chi connectivity index (χ1v) is 3.32. The number of rotatable bonds is 0. The van der Waals surface area contributed by atoms with Crippen molar-refractivity contribution in [3.8, 4) is 0 Å². The van der Waals surface area contributed by atoms with E-state index in [4.69, 9.17) is 5.73 Å². The standard InChI is InChI=1S/C6H14N2O/c1-8-3-2-5(7)6(9)4-8/h5-6,9H,2-4,7H2,1H3/t5-,6+/m0/s1. The maximum atomic E-state index is 9.18. The maximum absolute atomic E-state index is 9.18. The van der Waals surface area contributed by atoms with Crippen LogP contribution in [-0.4, -0.2) is 42.3 Å². The Hall–Kier alpha value is -0.120. The number of likely N-dealkylation sites (tertiary alicyclic amines) is 1. The van der Waals surface area contributed by atoms with E-state index in [1.54, 1.807) is 0 Å². The zero-order chi connectivity index (χ0) is 6.85. The minimum absolute atomic E-state index is 0.00111. The van der Waals surface area contributed by atoms with Gasteiger partial charge in [-0.3, -0.25) is 0 Å². The van der Waals surface area contributed by atoms with E-state index in [9.17, 15) is 5.11 Å². The Bertz CT molecular complexity index is 97.1. The number of aliphatic hydroxyl groups is 1. The largest absolute Gasteiger partial charge is 0.390 e. The number of hydrogen-bond donors (Lipinski definition) is 2. The van der Waals surface area contributed by atoms with Crippen LogP contribution in [0.2, 0.25) is 0 Å². The fraction of sp³-hybridized carbons (Fsp3) is 1.00.